The molecule has 112 valence electrons. The van der Waals surface area contributed by atoms with E-state index in [0.29, 0.717) is 6.54 Å². The topological polar surface area (TPSA) is 59.3 Å². The van der Waals surface area contributed by atoms with Crippen molar-refractivity contribution in [1.82, 2.24) is 19.7 Å². The first-order valence-corrected chi connectivity index (χ1v) is 7.75. The summed E-state index contributed by atoms with van der Waals surface area (Å²) in [5, 5.41) is 2.84. The molecule has 3 heterocycles. The minimum absolute atomic E-state index is 0.134. The number of pyridine rings is 1. The Morgan fingerprint density at radius 3 is 3.09 bits per heavy atom. The van der Waals surface area contributed by atoms with Crippen molar-refractivity contribution in [2.45, 2.75) is 20.4 Å². The van der Waals surface area contributed by atoms with E-state index in [2.05, 4.69) is 15.3 Å². The highest BCUT2D eigenvalue weighted by Crippen LogP contribution is 2.21. The van der Waals surface area contributed by atoms with Gasteiger partial charge in [-0.15, -0.1) is 11.3 Å². The normalized spacial score (nSPS) is 11.4. The van der Waals surface area contributed by atoms with E-state index in [1.54, 1.807) is 35.9 Å². The highest BCUT2D eigenvalue weighted by atomic mass is 32.1. The number of carbonyl (C=O) groups is 1. The molecule has 6 heteroatoms. The van der Waals surface area contributed by atoms with Crippen LogP contribution in [0.15, 0.2) is 36.8 Å². The zero-order chi connectivity index (χ0) is 15.5. The minimum atomic E-state index is -0.134. The van der Waals surface area contributed by atoms with E-state index in [0.717, 1.165) is 21.9 Å². The number of nitrogens with zero attached hydrogens (tertiary/aromatic N) is 3. The zero-order valence-corrected chi connectivity index (χ0v) is 13.2. The van der Waals surface area contributed by atoms with Gasteiger partial charge in [0.2, 0.25) is 5.91 Å². The van der Waals surface area contributed by atoms with Crippen molar-refractivity contribution in [3.05, 3.63) is 58.6 Å². The monoisotopic (exact) mass is 312 g/mol. The lowest BCUT2D eigenvalue weighted by atomic mass is 10.3. The number of hydrogen-bond acceptors (Lipinski definition) is 4. The summed E-state index contributed by atoms with van der Waals surface area (Å²) in [6.07, 6.45) is 8.83. The molecule has 0 atom stereocenters. The SMILES string of the molecule is Cc1cn2c(/C=C\C(=O)NCc3cccnc3)c(C)nc2s1. The third-order valence-corrected chi connectivity index (χ3v) is 4.14. The van der Waals surface area contributed by atoms with Gasteiger partial charge in [-0.2, -0.15) is 0 Å². The highest BCUT2D eigenvalue weighted by molar-refractivity contribution is 7.17. The molecule has 0 spiro atoms. The first-order valence-electron chi connectivity index (χ1n) is 6.93. The largest absolute Gasteiger partial charge is 0.348 e. The lowest BCUT2D eigenvalue weighted by molar-refractivity contribution is -0.116. The molecule has 3 rings (SSSR count). The van der Waals surface area contributed by atoms with Crippen molar-refractivity contribution < 1.29 is 4.79 Å². The number of aryl methyl sites for hydroxylation is 2. The smallest absolute Gasteiger partial charge is 0.244 e. The number of nitrogens with one attached hydrogen (secondary N) is 1. The van der Waals surface area contributed by atoms with Crippen molar-refractivity contribution in [2.75, 3.05) is 0 Å². The summed E-state index contributed by atoms with van der Waals surface area (Å²) < 4.78 is 2.01. The summed E-state index contributed by atoms with van der Waals surface area (Å²) in [5.74, 6) is -0.134. The maximum absolute atomic E-state index is 11.9. The van der Waals surface area contributed by atoms with Crippen LogP contribution in [0.2, 0.25) is 0 Å². The van der Waals surface area contributed by atoms with E-state index in [1.165, 1.54) is 4.88 Å². The zero-order valence-electron chi connectivity index (χ0n) is 12.4. The molecule has 0 aliphatic heterocycles. The molecule has 5 nitrogen and oxygen atoms in total. The van der Waals surface area contributed by atoms with Crippen LogP contribution >= 0.6 is 11.3 Å². The third-order valence-electron chi connectivity index (χ3n) is 3.24. The van der Waals surface area contributed by atoms with Crippen LogP contribution < -0.4 is 5.32 Å². The van der Waals surface area contributed by atoms with E-state index in [-0.39, 0.29) is 5.91 Å². The summed E-state index contributed by atoms with van der Waals surface area (Å²) >= 11 is 1.64. The molecule has 0 radical (unpaired) electrons. The maximum atomic E-state index is 11.9. The molecule has 0 saturated heterocycles. The summed E-state index contributed by atoms with van der Waals surface area (Å²) in [6.45, 7) is 4.46. The number of hydrogen-bond donors (Lipinski definition) is 1. The fourth-order valence-electron chi connectivity index (χ4n) is 2.19. The summed E-state index contributed by atoms with van der Waals surface area (Å²) in [5.41, 5.74) is 2.83. The second kappa shape index (κ2) is 6.11. The predicted molar refractivity (Wildman–Crippen MR) is 87.7 cm³/mol. The predicted octanol–water partition coefficient (Wildman–Crippen LogP) is 2.74. The van der Waals surface area contributed by atoms with Crippen molar-refractivity contribution in [3.63, 3.8) is 0 Å². The van der Waals surface area contributed by atoms with E-state index in [1.807, 2.05) is 36.6 Å². The van der Waals surface area contributed by atoms with Crippen molar-refractivity contribution in [1.29, 1.82) is 0 Å². The molecule has 22 heavy (non-hydrogen) atoms. The Morgan fingerprint density at radius 1 is 1.45 bits per heavy atom. The molecule has 3 aromatic heterocycles. The number of carbonyl (C=O) groups excluding carboxylic acids is 1. The van der Waals surface area contributed by atoms with Gasteiger partial charge in [0.05, 0.1) is 11.4 Å². The molecular weight excluding hydrogens is 296 g/mol. The summed E-state index contributed by atoms with van der Waals surface area (Å²) in [4.78, 5) is 22.6. The van der Waals surface area contributed by atoms with Gasteiger partial charge in [-0.1, -0.05) is 6.07 Å². The van der Waals surface area contributed by atoms with E-state index in [9.17, 15) is 4.79 Å². The van der Waals surface area contributed by atoms with E-state index >= 15 is 0 Å². The average molecular weight is 312 g/mol. The van der Waals surface area contributed by atoms with Crippen LogP contribution in [0.3, 0.4) is 0 Å². The number of imidazole rings is 1. The lowest BCUT2D eigenvalue weighted by Crippen LogP contribution is -2.20. The standard InChI is InChI=1S/C16H16N4OS/c1-11-10-20-14(12(2)19-16(20)22-11)5-6-15(21)18-9-13-4-3-7-17-8-13/h3-8,10H,9H2,1-2H3,(H,18,21)/b6-5-. The molecule has 1 N–H and O–H groups in total. The van der Waals surface area contributed by atoms with Gasteiger partial charge in [-0.25, -0.2) is 4.98 Å². The Balaban J connectivity index is 1.69. The maximum Gasteiger partial charge on any atom is 0.244 e. The Labute approximate surface area is 132 Å². The molecule has 0 unspecified atom stereocenters. The quantitative estimate of drug-likeness (QED) is 0.754. The van der Waals surface area contributed by atoms with Crippen molar-refractivity contribution >= 4 is 28.3 Å². The summed E-state index contributed by atoms with van der Waals surface area (Å²) in [6, 6.07) is 3.78. The Hall–Kier alpha value is -2.47. The van der Waals surface area contributed by atoms with Crippen LogP contribution in [0, 0.1) is 13.8 Å². The van der Waals surface area contributed by atoms with Crippen LogP contribution in [0.4, 0.5) is 0 Å². The molecule has 3 aromatic rings. The van der Waals surface area contributed by atoms with Gasteiger partial charge in [0.1, 0.15) is 0 Å². The Morgan fingerprint density at radius 2 is 2.32 bits per heavy atom. The van der Waals surface area contributed by atoms with Gasteiger partial charge in [-0.05, 0) is 31.6 Å². The average Bonchev–Trinajstić information content (AvgIpc) is 2.99. The number of thiazole rings is 1. The number of fused-ring (bicyclic) bond motifs is 1. The summed E-state index contributed by atoms with van der Waals surface area (Å²) in [7, 11) is 0. The van der Waals surface area contributed by atoms with E-state index < -0.39 is 0 Å². The van der Waals surface area contributed by atoms with E-state index in [4.69, 9.17) is 0 Å². The fourth-order valence-corrected chi connectivity index (χ4v) is 3.07. The third kappa shape index (κ3) is 3.07. The molecule has 0 saturated carbocycles. The highest BCUT2D eigenvalue weighted by Gasteiger charge is 2.08. The fraction of sp³-hybridized carbons (Fsp3) is 0.188. The first kappa shape index (κ1) is 14.5. The molecule has 0 aliphatic carbocycles. The number of rotatable bonds is 4. The Bertz CT molecular complexity index is 833. The van der Waals surface area contributed by atoms with Crippen LogP contribution in [0.25, 0.3) is 11.0 Å². The number of amides is 1. The van der Waals surface area contributed by atoms with Crippen LogP contribution in [-0.2, 0) is 11.3 Å². The second-order valence-electron chi connectivity index (χ2n) is 4.99. The molecular formula is C16H16N4OS. The van der Waals surface area contributed by atoms with Gasteiger partial charge in [-0.3, -0.25) is 14.2 Å². The molecule has 0 bridgehead atoms. The Kier molecular flexibility index (Phi) is 4.02. The van der Waals surface area contributed by atoms with Gasteiger partial charge in [0, 0.05) is 36.1 Å². The number of aromatic nitrogens is 3. The molecule has 1 amide bonds. The van der Waals surface area contributed by atoms with Crippen molar-refractivity contribution in [2.24, 2.45) is 0 Å². The lowest BCUT2D eigenvalue weighted by Gasteiger charge is -2.01. The molecule has 0 fully saturated rings. The first-order chi connectivity index (χ1) is 10.6. The van der Waals surface area contributed by atoms with Gasteiger partial charge in [0.25, 0.3) is 0 Å². The molecule has 0 aliphatic rings. The van der Waals surface area contributed by atoms with Gasteiger partial charge < -0.3 is 5.32 Å². The molecule has 0 aromatic carbocycles. The van der Waals surface area contributed by atoms with Crippen LogP contribution in [-0.4, -0.2) is 20.3 Å². The van der Waals surface area contributed by atoms with Crippen LogP contribution in [0.1, 0.15) is 21.8 Å². The van der Waals surface area contributed by atoms with Crippen LogP contribution in [0.5, 0.6) is 0 Å². The second-order valence-corrected chi connectivity index (χ2v) is 6.20. The minimum Gasteiger partial charge on any atom is -0.348 e. The van der Waals surface area contributed by atoms with Crippen molar-refractivity contribution in [3.8, 4) is 0 Å². The van der Waals surface area contributed by atoms with Gasteiger partial charge in [0.15, 0.2) is 4.96 Å². The van der Waals surface area contributed by atoms with Gasteiger partial charge >= 0.3 is 0 Å².